The van der Waals surface area contributed by atoms with Crippen molar-refractivity contribution in [2.24, 2.45) is 5.73 Å². The first kappa shape index (κ1) is 27.8. The van der Waals surface area contributed by atoms with E-state index in [9.17, 15) is 24.3 Å². The summed E-state index contributed by atoms with van der Waals surface area (Å²) >= 11 is 3.00. The number of rotatable bonds is 15. The molecular weight excluding hydrogens is 452 g/mol. The van der Waals surface area contributed by atoms with E-state index >= 15 is 0 Å². The van der Waals surface area contributed by atoms with Crippen molar-refractivity contribution in [1.82, 2.24) is 16.0 Å². The zero-order chi connectivity index (χ0) is 23.9. The van der Waals surface area contributed by atoms with Gasteiger partial charge in [0.1, 0.15) is 12.1 Å². The molecule has 0 spiro atoms. The van der Waals surface area contributed by atoms with Crippen LogP contribution in [-0.2, 0) is 25.6 Å². The lowest BCUT2D eigenvalue weighted by Gasteiger charge is -2.21. The summed E-state index contributed by atoms with van der Waals surface area (Å²) in [5, 5.41) is 16.7. The van der Waals surface area contributed by atoms with E-state index in [1.807, 2.05) is 42.8 Å². The molecule has 0 aromatic heterocycles. The fourth-order valence-corrected chi connectivity index (χ4v) is 3.72. The summed E-state index contributed by atoms with van der Waals surface area (Å²) in [4.78, 5) is 48.4. The van der Waals surface area contributed by atoms with Crippen molar-refractivity contribution in [1.29, 1.82) is 0 Å². The first-order chi connectivity index (χ1) is 15.3. The number of amides is 3. The van der Waals surface area contributed by atoms with Crippen molar-refractivity contribution in [3.8, 4) is 0 Å². The molecule has 178 valence electrons. The Balaban J connectivity index is 2.61. The standard InChI is InChI=1S/C21H32N4O5S2/c1-31-10-8-16(25-19(27)15(22)12-14-6-4-3-5-7-14)20(28)23-13-18(26)24-17(21(29)30)9-11-32-2/h3-7,15-17H,8-13,22H2,1-2H3,(H,23,28)(H,24,26)(H,25,27)(H,29,30). The molecule has 11 heteroatoms. The molecule has 3 atom stereocenters. The number of carbonyl (C=O) groups excluding carboxylic acids is 3. The monoisotopic (exact) mass is 484 g/mol. The van der Waals surface area contributed by atoms with E-state index in [4.69, 9.17) is 5.73 Å². The summed E-state index contributed by atoms with van der Waals surface area (Å²) in [6.45, 7) is -0.385. The van der Waals surface area contributed by atoms with Crippen molar-refractivity contribution < 1.29 is 24.3 Å². The minimum atomic E-state index is -1.13. The largest absolute Gasteiger partial charge is 0.480 e. The number of benzene rings is 1. The number of hydrogen-bond donors (Lipinski definition) is 5. The maximum Gasteiger partial charge on any atom is 0.326 e. The van der Waals surface area contributed by atoms with Gasteiger partial charge in [0.05, 0.1) is 12.6 Å². The minimum Gasteiger partial charge on any atom is -0.480 e. The third kappa shape index (κ3) is 10.9. The average molecular weight is 485 g/mol. The smallest absolute Gasteiger partial charge is 0.326 e. The molecule has 32 heavy (non-hydrogen) atoms. The predicted octanol–water partition coefficient (Wildman–Crippen LogP) is 0.233. The Kier molecular flexibility index (Phi) is 13.5. The second-order valence-corrected chi connectivity index (χ2v) is 9.07. The van der Waals surface area contributed by atoms with Crippen LogP contribution in [0.3, 0.4) is 0 Å². The highest BCUT2D eigenvalue weighted by molar-refractivity contribution is 7.98. The molecule has 9 nitrogen and oxygen atoms in total. The number of carboxylic acid groups (broad SMARTS) is 1. The van der Waals surface area contributed by atoms with Crippen LogP contribution in [-0.4, -0.2) is 77.5 Å². The number of nitrogens with one attached hydrogen (secondary N) is 3. The Morgan fingerprint density at radius 1 is 0.938 bits per heavy atom. The van der Waals surface area contributed by atoms with Gasteiger partial charge in [0.2, 0.25) is 17.7 Å². The van der Waals surface area contributed by atoms with Crippen LogP contribution < -0.4 is 21.7 Å². The number of aliphatic carboxylic acids is 1. The molecule has 0 aliphatic carbocycles. The summed E-state index contributed by atoms with van der Waals surface area (Å²) in [5.74, 6) is -1.52. The van der Waals surface area contributed by atoms with Gasteiger partial charge in [0.25, 0.3) is 0 Å². The minimum absolute atomic E-state index is 0.280. The Morgan fingerprint density at radius 2 is 1.53 bits per heavy atom. The van der Waals surface area contributed by atoms with Gasteiger partial charge in [0, 0.05) is 0 Å². The molecule has 3 amide bonds. The Bertz CT molecular complexity index is 751. The van der Waals surface area contributed by atoms with Crippen molar-refractivity contribution >= 4 is 47.2 Å². The molecular formula is C21H32N4O5S2. The molecule has 1 aromatic carbocycles. The van der Waals surface area contributed by atoms with Gasteiger partial charge in [-0.05, 0) is 48.8 Å². The highest BCUT2D eigenvalue weighted by Gasteiger charge is 2.25. The van der Waals surface area contributed by atoms with Gasteiger partial charge in [-0.25, -0.2) is 4.79 Å². The maximum atomic E-state index is 12.6. The molecule has 0 radical (unpaired) electrons. The third-order valence-electron chi connectivity index (χ3n) is 4.55. The summed E-state index contributed by atoms with van der Waals surface area (Å²) in [5.41, 5.74) is 6.91. The zero-order valence-corrected chi connectivity index (χ0v) is 20.0. The molecule has 0 aliphatic heterocycles. The molecule has 0 heterocycles. The van der Waals surface area contributed by atoms with E-state index in [1.165, 1.54) is 23.5 Å². The van der Waals surface area contributed by atoms with E-state index in [0.717, 1.165) is 5.56 Å². The Labute approximate surface area is 197 Å². The Hall–Kier alpha value is -2.24. The molecule has 3 unspecified atom stereocenters. The number of nitrogens with two attached hydrogens (primary N) is 1. The highest BCUT2D eigenvalue weighted by atomic mass is 32.2. The van der Waals surface area contributed by atoms with Gasteiger partial charge in [0.15, 0.2) is 0 Å². The SMILES string of the molecule is CSCCC(NC(=O)CNC(=O)C(CCSC)NC(=O)C(N)Cc1ccccc1)C(=O)O. The maximum absolute atomic E-state index is 12.6. The lowest BCUT2D eigenvalue weighted by atomic mass is 10.1. The highest BCUT2D eigenvalue weighted by Crippen LogP contribution is 2.05. The summed E-state index contributed by atoms with van der Waals surface area (Å²) in [7, 11) is 0. The summed E-state index contributed by atoms with van der Waals surface area (Å²) in [6, 6.07) is 6.63. The Morgan fingerprint density at radius 3 is 2.09 bits per heavy atom. The third-order valence-corrected chi connectivity index (χ3v) is 5.83. The zero-order valence-electron chi connectivity index (χ0n) is 18.3. The van der Waals surface area contributed by atoms with Crippen LogP contribution in [0.4, 0.5) is 0 Å². The molecule has 1 aromatic rings. The fraction of sp³-hybridized carbons (Fsp3) is 0.524. The summed E-state index contributed by atoms with van der Waals surface area (Å²) < 4.78 is 0. The quantitative estimate of drug-likeness (QED) is 0.237. The van der Waals surface area contributed by atoms with Crippen molar-refractivity contribution in [3.63, 3.8) is 0 Å². The normalized spacial score (nSPS) is 13.5. The van der Waals surface area contributed by atoms with Gasteiger partial charge in [-0.15, -0.1) is 0 Å². The lowest BCUT2D eigenvalue weighted by Crippen LogP contribution is -2.54. The van der Waals surface area contributed by atoms with E-state index in [2.05, 4.69) is 16.0 Å². The topological polar surface area (TPSA) is 151 Å². The number of carbonyl (C=O) groups is 4. The van der Waals surface area contributed by atoms with Crippen LogP contribution in [0.1, 0.15) is 18.4 Å². The average Bonchev–Trinajstić information content (AvgIpc) is 2.77. The first-order valence-corrected chi connectivity index (χ1v) is 12.9. The van der Waals surface area contributed by atoms with Crippen molar-refractivity contribution in [2.45, 2.75) is 37.4 Å². The van der Waals surface area contributed by atoms with Gasteiger partial charge in [-0.3, -0.25) is 14.4 Å². The number of thioether (sulfide) groups is 2. The van der Waals surface area contributed by atoms with Crippen LogP contribution in [0.15, 0.2) is 30.3 Å². The van der Waals surface area contributed by atoms with Crippen LogP contribution in [0.25, 0.3) is 0 Å². The van der Waals surface area contributed by atoms with Gasteiger partial charge < -0.3 is 26.8 Å². The van der Waals surface area contributed by atoms with Gasteiger partial charge >= 0.3 is 5.97 Å². The van der Waals surface area contributed by atoms with Crippen LogP contribution in [0.5, 0.6) is 0 Å². The second kappa shape index (κ2) is 15.5. The summed E-state index contributed by atoms with van der Waals surface area (Å²) in [6.07, 6.45) is 4.70. The van der Waals surface area contributed by atoms with E-state index in [0.29, 0.717) is 24.3 Å². The molecule has 1 rings (SSSR count). The lowest BCUT2D eigenvalue weighted by molar-refractivity contribution is -0.141. The van der Waals surface area contributed by atoms with E-state index in [1.54, 1.807) is 0 Å². The number of carboxylic acids is 1. The molecule has 0 saturated heterocycles. The fourth-order valence-electron chi connectivity index (χ4n) is 2.77. The predicted molar refractivity (Wildman–Crippen MR) is 129 cm³/mol. The van der Waals surface area contributed by atoms with Gasteiger partial charge in [-0.2, -0.15) is 23.5 Å². The van der Waals surface area contributed by atoms with Gasteiger partial charge in [-0.1, -0.05) is 30.3 Å². The van der Waals surface area contributed by atoms with Crippen LogP contribution >= 0.6 is 23.5 Å². The van der Waals surface area contributed by atoms with Crippen LogP contribution in [0, 0.1) is 0 Å². The molecule has 6 N–H and O–H groups in total. The second-order valence-electron chi connectivity index (χ2n) is 7.10. The first-order valence-electron chi connectivity index (χ1n) is 10.2. The van der Waals surface area contributed by atoms with Crippen molar-refractivity contribution in [3.05, 3.63) is 35.9 Å². The number of hydrogen-bond acceptors (Lipinski definition) is 7. The molecule has 0 bridgehead atoms. The molecule has 0 aliphatic rings. The van der Waals surface area contributed by atoms with Crippen LogP contribution in [0.2, 0.25) is 0 Å². The van der Waals surface area contributed by atoms with E-state index in [-0.39, 0.29) is 13.0 Å². The van der Waals surface area contributed by atoms with Crippen molar-refractivity contribution in [2.75, 3.05) is 30.6 Å². The van der Waals surface area contributed by atoms with E-state index < -0.39 is 41.8 Å². The molecule has 0 fully saturated rings. The molecule has 0 saturated carbocycles.